The van der Waals surface area contributed by atoms with Crippen molar-refractivity contribution in [3.63, 3.8) is 0 Å². The first-order chi connectivity index (χ1) is 29.8. The fraction of sp³-hybridized carbons (Fsp3) is 0.804. The van der Waals surface area contributed by atoms with Crippen molar-refractivity contribution in [3.8, 4) is 0 Å². The van der Waals surface area contributed by atoms with Gasteiger partial charge < -0.3 is 20.1 Å². The monoisotopic (exact) mass is 880 g/mol. The summed E-state index contributed by atoms with van der Waals surface area (Å²) >= 11 is 0. The van der Waals surface area contributed by atoms with E-state index in [1.807, 2.05) is 0 Å². The molecule has 0 bridgehead atoms. The molecule has 0 radical (unpaired) electrons. The van der Waals surface area contributed by atoms with Crippen molar-refractivity contribution in [2.45, 2.75) is 238 Å². The molecule has 0 heterocycles. The molecule has 0 aliphatic rings. The number of ether oxygens (including phenoxy) is 2. The number of nitrogens with two attached hydrogens (primary N) is 1. The molecule has 10 heteroatoms. The van der Waals surface area contributed by atoms with E-state index >= 15 is 0 Å². The van der Waals surface area contributed by atoms with Crippen LogP contribution in [0.3, 0.4) is 0 Å². The van der Waals surface area contributed by atoms with Gasteiger partial charge in [0.2, 0.25) is 0 Å². The van der Waals surface area contributed by atoms with Crippen LogP contribution in [0.2, 0.25) is 0 Å². The Labute approximate surface area is 375 Å². The first-order valence-corrected chi connectivity index (χ1v) is 26.6. The molecule has 2 unspecified atom stereocenters. The second kappa shape index (κ2) is 47.4. The second-order valence-electron chi connectivity index (χ2n) is 16.7. The van der Waals surface area contributed by atoms with Crippen LogP contribution in [-0.2, 0) is 32.7 Å². The highest BCUT2D eigenvalue weighted by Crippen LogP contribution is 2.43. The van der Waals surface area contributed by atoms with Gasteiger partial charge in [0.15, 0.2) is 6.10 Å². The van der Waals surface area contributed by atoms with Gasteiger partial charge in [0.05, 0.1) is 13.2 Å². The van der Waals surface area contributed by atoms with Gasteiger partial charge in [-0.2, -0.15) is 0 Å². The van der Waals surface area contributed by atoms with Crippen LogP contribution in [0.5, 0.6) is 0 Å². The standard InChI is InChI=1S/C51H94NO8P/c1-3-5-7-9-11-13-15-17-19-21-23-24-26-27-29-31-33-35-37-39-41-43-50(53)57-47-49(48-59-61(55,56)58-46-45-52)60-51(54)44-42-40-38-36-34-32-30-28-25-22-20-18-16-14-12-10-8-6-4-2/h12,14,18,20,25,28,32,34,49H,3-11,13,15-17,19,21-24,26-27,29-31,33,35-48,52H2,1-2H3,(H,55,56). The topological polar surface area (TPSA) is 134 Å². The summed E-state index contributed by atoms with van der Waals surface area (Å²) in [4.78, 5) is 35.0. The molecular formula is C51H94NO8P. The van der Waals surface area contributed by atoms with Crippen molar-refractivity contribution >= 4 is 19.8 Å². The zero-order chi connectivity index (χ0) is 44.6. The van der Waals surface area contributed by atoms with Crippen LogP contribution < -0.4 is 5.73 Å². The third kappa shape index (κ3) is 47.3. The summed E-state index contributed by atoms with van der Waals surface area (Å²) in [6.07, 6.45) is 55.8. The Morgan fingerprint density at radius 1 is 0.492 bits per heavy atom. The van der Waals surface area contributed by atoms with Gasteiger partial charge in [0.1, 0.15) is 6.61 Å². The van der Waals surface area contributed by atoms with E-state index in [2.05, 4.69) is 62.5 Å². The summed E-state index contributed by atoms with van der Waals surface area (Å²) in [5.41, 5.74) is 5.36. The number of carbonyl (C=O) groups is 2. The number of unbranched alkanes of at least 4 members (excludes halogenated alkanes) is 26. The molecule has 61 heavy (non-hydrogen) atoms. The number of phosphoric acid groups is 1. The van der Waals surface area contributed by atoms with Crippen LogP contribution in [-0.4, -0.2) is 49.3 Å². The van der Waals surface area contributed by atoms with Crippen molar-refractivity contribution < 1.29 is 37.6 Å². The normalized spacial score (nSPS) is 13.6. The molecule has 0 amide bonds. The minimum Gasteiger partial charge on any atom is -0.462 e. The molecule has 0 rings (SSSR count). The Bertz CT molecular complexity index is 1140. The predicted octanol–water partition coefficient (Wildman–Crippen LogP) is 15.1. The lowest BCUT2D eigenvalue weighted by Crippen LogP contribution is -2.29. The summed E-state index contributed by atoms with van der Waals surface area (Å²) in [6, 6.07) is 0. The molecular weight excluding hydrogens is 786 g/mol. The van der Waals surface area contributed by atoms with E-state index in [-0.39, 0.29) is 38.6 Å². The molecule has 0 aliphatic carbocycles. The van der Waals surface area contributed by atoms with E-state index < -0.39 is 26.5 Å². The van der Waals surface area contributed by atoms with E-state index in [4.69, 9.17) is 24.3 Å². The number of phosphoric ester groups is 1. The van der Waals surface area contributed by atoms with E-state index in [1.165, 1.54) is 141 Å². The molecule has 0 aromatic carbocycles. The molecule has 0 spiro atoms. The van der Waals surface area contributed by atoms with E-state index in [0.717, 1.165) is 57.8 Å². The lowest BCUT2D eigenvalue weighted by Gasteiger charge is -2.19. The Balaban J connectivity index is 4.10. The molecule has 0 saturated carbocycles. The maximum absolute atomic E-state index is 12.6. The van der Waals surface area contributed by atoms with Gasteiger partial charge in [0.25, 0.3) is 0 Å². The van der Waals surface area contributed by atoms with Crippen LogP contribution in [0.1, 0.15) is 232 Å². The molecule has 0 saturated heterocycles. The number of rotatable bonds is 47. The van der Waals surface area contributed by atoms with Crippen LogP contribution in [0, 0.1) is 0 Å². The number of carbonyl (C=O) groups excluding carboxylic acids is 2. The van der Waals surface area contributed by atoms with Crippen LogP contribution in [0.4, 0.5) is 0 Å². The summed E-state index contributed by atoms with van der Waals surface area (Å²) in [6.45, 7) is 3.70. The van der Waals surface area contributed by atoms with Crippen molar-refractivity contribution in [1.82, 2.24) is 0 Å². The van der Waals surface area contributed by atoms with E-state index in [1.54, 1.807) is 0 Å². The van der Waals surface area contributed by atoms with Gasteiger partial charge in [-0.3, -0.25) is 18.6 Å². The molecule has 0 fully saturated rings. The van der Waals surface area contributed by atoms with Crippen LogP contribution >= 0.6 is 7.82 Å². The lowest BCUT2D eigenvalue weighted by molar-refractivity contribution is -0.161. The fourth-order valence-electron chi connectivity index (χ4n) is 6.97. The average Bonchev–Trinajstić information content (AvgIpc) is 3.25. The van der Waals surface area contributed by atoms with E-state index in [9.17, 15) is 19.0 Å². The highest BCUT2D eigenvalue weighted by molar-refractivity contribution is 7.47. The Morgan fingerprint density at radius 2 is 0.852 bits per heavy atom. The Kier molecular flexibility index (Phi) is 45.9. The minimum absolute atomic E-state index is 0.0475. The van der Waals surface area contributed by atoms with Crippen LogP contribution in [0.15, 0.2) is 48.6 Å². The molecule has 0 aliphatic heterocycles. The molecule has 9 nitrogen and oxygen atoms in total. The highest BCUT2D eigenvalue weighted by atomic mass is 31.2. The van der Waals surface area contributed by atoms with Gasteiger partial charge in [-0.05, 0) is 57.8 Å². The largest absolute Gasteiger partial charge is 0.472 e. The fourth-order valence-corrected chi connectivity index (χ4v) is 7.74. The third-order valence-electron chi connectivity index (χ3n) is 10.7. The van der Waals surface area contributed by atoms with Crippen molar-refractivity contribution in [2.75, 3.05) is 26.4 Å². The second-order valence-corrected chi connectivity index (χ2v) is 18.1. The number of hydrogen-bond donors (Lipinski definition) is 2. The Morgan fingerprint density at radius 3 is 1.30 bits per heavy atom. The maximum atomic E-state index is 12.6. The SMILES string of the molecule is CCCCCC=CCC=CCC=CCC=CCCCCCC(=O)OC(COC(=O)CCCCCCCCCCCCCCCCCCCCCCC)COP(=O)(O)OCCN. The number of hydrogen-bond acceptors (Lipinski definition) is 8. The Hall–Kier alpha value is -2.03. The van der Waals surface area contributed by atoms with Gasteiger partial charge >= 0.3 is 19.8 Å². The molecule has 2 atom stereocenters. The molecule has 3 N–H and O–H groups in total. The number of esters is 2. The molecule has 0 aromatic rings. The van der Waals surface area contributed by atoms with Gasteiger partial charge in [-0.15, -0.1) is 0 Å². The van der Waals surface area contributed by atoms with Crippen molar-refractivity contribution in [2.24, 2.45) is 5.73 Å². The molecule has 356 valence electrons. The van der Waals surface area contributed by atoms with Gasteiger partial charge in [0, 0.05) is 19.4 Å². The number of allylic oxidation sites excluding steroid dienone is 8. The quantitative estimate of drug-likeness (QED) is 0.0265. The summed E-state index contributed by atoms with van der Waals surface area (Å²) in [7, 11) is -4.39. The predicted molar refractivity (Wildman–Crippen MR) is 257 cm³/mol. The smallest absolute Gasteiger partial charge is 0.462 e. The highest BCUT2D eigenvalue weighted by Gasteiger charge is 2.26. The molecule has 0 aromatic heterocycles. The first kappa shape index (κ1) is 59.0. The summed E-state index contributed by atoms with van der Waals surface area (Å²) in [5.74, 6) is -0.857. The zero-order valence-corrected chi connectivity index (χ0v) is 40.3. The maximum Gasteiger partial charge on any atom is 0.472 e. The lowest BCUT2D eigenvalue weighted by atomic mass is 10.0. The van der Waals surface area contributed by atoms with Crippen molar-refractivity contribution in [1.29, 1.82) is 0 Å². The minimum atomic E-state index is -4.39. The van der Waals surface area contributed by atoms with E-state index in [0.29, 0.717) is 6.42 Å². The zero-order valence-electron chi connectivity index (χ0n) is 39.4. The summed E-state index contributed by atoms with van der Waals surface area (Å²) < 4.78 is 32.9. The van der Waals surface area contributed by atoms with Crippen LogP contribution in [0.25, 0.3) is 0 Å². The summed E-state index contributed by atoms with van der Waals surface area (Å²) in [5, 5.41) is 0. The van der Waals surface area contributed by atoms with Gasteiger partial charge in [-0.1, -0.05) is 210 Å². The van der Waals surface area contributed by atoms with Crippen molar-refractivity contribution in [3.05, 3.63) is 48.6 Å². The third-order valence-corrected chi connectivity index (χ3v) is 11.7. The van der Waals surface area contributed by atoms with Gasteiger partial charge in [-0.25, -0.2) is 4.57 Å². The first-order valence-electron chi connectivity index (χ1n) is 25.1. The average molecular weight is 880 g/mol.